The third-order valence-corrected chi connectivity index (χ3v) is 3.43. The van der Waals surface area contributed by atoms with E-state index >= 15 is 0 Å². The lowest BCUT2D eigenvalue weighted by atomic mass is 9.91. The molecule has 0 aromatic heterocycles. The minimum Gasteiger partial charge on any atom is -0.299 e. The molecule has 0 unspecified atom stereocenters. The highest BCUT2D eigenvalue weighted by Crippen LogP contribution is 2.49. The van der Waals surface area contributed by atoms with Gasteiger partial charge in [-0.1, -0.05) is 6.07 Å². The van der Waals surface area contributed by atoms with E-state index in [4.69, 9.17) is 0 Å². The van der Waals surface area contributed by atoms with Crippen molar-refractivity contribution in [1.82, 2.24) is 0 Å². The van der Waals surface area contributed by atoms with Crippen molar-refractivity contribution in [2.45, 2.75) is 33.1 Å². The Bertz CT molecular complexity index is 405. The molecule has 1 aliphatic carbocycles. The van der Waals surface area contributed by atoms with Crippen molar-refractivity contribution in [2.24, 2.45) is 5.41 Å². The molecule has 0 bridgehead atoms. The maximum atomic E-state index is 12.9. The molecule has 0 N–H and O–H groups in total. The number of rotatable bonds is 3. The van der Waals surface area contributed by atoms with Crippen LogP contribution in [0.5, 0.6) is 0 Å². The molecule has 1 aromatic carbocycles. The van der Waals surface area contributed by atoms with Crippen LogP contribution in [0.3, 0.4) is 0 Å². The molecule has 80 valence electrons. The second kappa shape index (κ2) is 3.44. The van der Waals surface area contributed by atoms with Gasteiger partial charge in [0.25, 0.3) is 0 Å². The molecule has 0 spiro atoms. The van der Waals surface area contributed by atoms with E-state index in [1.807, 2.05) is 6.92 Å². The molecule has 2 heteroatoms. The van der Waals surface area contributed by atoms with E-state index in [0.717, 1.165) is 30.4 Å². The number of carbonyl (C=O) groups is 1. The summed E-state index contributed by atoms with van der Waals surface area (Å²) in [6, 6.07) is 4.80. The molecule has 0 heterocycles. The van der Waals surface area contributed by atoms with E-state index in [1.165, 1.54) is 12.1 Å². The van der Waals surface area contributed by atoms with Crippen LogP contribution < -0.4 is 0 Å². The Morgan fingerprint density at radius 3 is 2.60 bits per heavy atom. The lowest BCUT2D eigenvalue weighted by molar-refractivity contribution is -0.121. The van der Waals surface area contributed by atoms with Gasteiger partial charge in [0.05, 0.1) is 0 Å². The smallest absolute Gasteiger partial charge is 0.136 e. The number of carbonyl (C=O) groups excluding carboxylic acids is 1. The molecule has 1 saturated carbocycles. The molecular formula is C13H15FO. The summed E-state index contributed by atoms with van der Waals surface area (Å²) in [5.41, 5.74) is 1.93. The fraction of sp³-hybridized carbons (Fsp3) is 0.462. The molecule has 1 nitrogen and oxygen atoms in total. The van der Waals surface area contributed by atoms with E-state index < -0.39 is 0 Å². The average molecular weight is 206 g/mol. The first-order chi connectivity index (χ1) is 7.03. The second-order valence-corrected chi connectivity index (χ2v) is 4.58. The lowest BCUT2D eigenvalue weighted by Crippen LogP contribution is -2.15. The Balaban J connectivity index is 2.21. The van der Waals surface area contributed by atoms with Crippen molar-refractivity contribution in [2.75, 3.05) is 0 Å². The van der Waals surface area contributed by atoms with E-state index in [0.29, 0.717) is 0 Å². The number of hydrogen-bond acceptors (Lipinski definition) is 1. The largest absolute Gasteiger partial charge is 0.299 e. The number of Topliss-reactive ketones (excluding diaryl/α,β-unsaturated/α-hetero) is 1. The zero-order chi connectivity index (χ0) is 11.1. The van der Waals surface area contributed by atoms with Crippen LogP contribution in [-0.2, 0) is 11.2 Å². The highest BCUT2D eigenvalue weighted by Gasteiger charge is 2.47. The zero-order valence-electron chi connectivity index (χ0n) is 9.14. The summed E-state index contributed by atoms with van der Waals surface area (Å²) in [6.07, 6.45) is 2.74. The van der Waals surface area contributed by atoms with Crippen molar-refractivity contribution < 1.29 is 9.18 Å². The quantitative estimate of drug-likeness (QED) is 0.742. The van der Waals surface area contributed by atoms with Crippen LogP contribution in [0.25, 0.3) is 0 Å². The van der Waals surface area contributed by atoms with Gasteiger partial charge in [-0.05, 0) is 56.4 Å². The van der Waals surface area contributed by atoms with Gasteiger partial charge in [0.2, 0.25) is 0 Å². The van der Waals surface area contributed by atoms with Gasteiger partial charge in [-0.3, -0.25) is 4.79 Å². The van der Waals surface area contributed by atoms with E-state index in [2.05, 4.69) is 0 Å². The van der Waals surface area contributed by atoms with Gasteiger partial charge in [-0.25, -0.2) is 4.39 Å². The maximum Gasteiger partial charge on any atom is 0.136 e. The molecule has 1 fully saturated rings. The number of aryl methyl sites for hydroxylation is 1. The SMILES string of the molecule is CC(=O)C1(Cc2ccc(F)cc2C)CC1. The standard InChI is InChI=1S/C13H15FO/c1-9-7-12(14)4-3-11(9)8-13(5-6-13)10(2)15/h3-4,7H,5-6,8H2,1-2H3. The summed E-state index contributed by atoms with van der Waals surface area (Å²) in [6.45, 7) is 3.56. The van der Waals surface area contributed by atoms with Crippen LogP contribution in [0.2, 0.25) is 0 Å². The van der Waals surface area contributed by atoms with E-state index in [9.17, 15) is 9.18 Å². The van der Waals surface area contributed by atoms with Gasteiger partial charge in [0.1, 0.15) is 11.6 Å². The molecule has 0 aliphatic heterocycles. The van der Waals surface area contributed by atoms with Crippen LogP contribution in [0.1, 0.15) is 30.9 Å². The maximum absolute atomic E-state index is 12.9. The van der Waals surface area contributed by atoms with Crippen LogP contribution in [-0.4, -0.2) is 5.78 Å². The number of benzene rings is 1. The van der Waals surface area contributed by atoms with E-state index in [-0.39, 0.29) is 17.0 Å². The molecule has 2 rings (SSSR count). The molecule has 0 saturated heterocycles. The van der Waals surface area contributed by atoms with Crippen molar-refractivity contribution in [3.8, 4) is 0 Å². The topological polar surface area (TPSA) is 17.1 Å². The van der Waals surface area contributed by atoms with Gasteiger partial charge in [-0.15, -0.1) is 0 Å². The highest BCUT2D eigenvalue weighted by molar-refractivity contribution is 5.85. The molecule has 15 heavy (non-hydrogen) atoms. The summed E-state index contributed by atoms with van der Waals surface area (Å²) in [7, 11) is 0. The summed E-state index contributed by atoms with van der Waals surface area (Å²) in [5, 5.41) is 0. The van der Waals surface area contributed by atoms with Crippen LogP contribution in [0, 0.1) is 18.2 Å². The van der Waals surface area contributed by atoms with Crippen molar-refractivity contribution in [1.29, 1.82) is 0 Å². The van der Waals surface area contributed by atoms with Crippen molar-refractivity contribution in [3.05, 3.63) is 35.1 Å². The minimum atomic E-state index is -0.205. The van der Waals surface area contributed by atoms with Gasteiger partial charge in [0, 0.05) is 5.41 Å². The molecule has 1 aliphatic rings. The van der Waals surface area contributed by atoms with Crippen LogP contribution in [0.4, 0.5) is 4.39 Å². The zero-order valence-corrected chi connectivity index (χ0v) is 9.14. The lowest BCUT2D eigenvalue weighted by Gasteiger charge is -2.13. The normalized spacial score (nSPS) is 17.5. The predicted molar refractivity (Wildman–Crippen MR) is 57.2 cm³/mol. The fourth-order valence-corrected chi connectivity index (χ4v) is 2.03. The molecule has 0 radical (unpaired) electrons. The minimum absolute atomic E-state index is 0.122. The first-order valence-electron chi connectivity index (χ1n) is 5.30. The third kappa shape index (κ3) is 1.94. The summed E-state index contributed by atoms with van der Waals surface area (Å²) >= 11 is 0. The summed E-state index contributed by atoms with van der Waals surface area (Å²) in [4.78, 5) is 11.4. The Labute approximate surface area is 89.3 Å². The Kier molecular flexibility index (Phi) is 2.37. The predicted octanol–water partition coefficient (Wildman–Crippen LogP) is 3.05. The van der Waals surface area contributed by atoms with Gasteiger partial charge < -0.3 is 0 Å². The molecule has 0 atom stereocenters. The Morgan fingerprint density at radius 2 is 2.13 bits per heavy atom. The van der Waals surface area contributed by atoms with Crippen molar-refractivity contribution in [3.63, 3.8) is 0 Å². The van der Waals surface area contributed by atoms with Crippen LogP contribution >= 0.6 is 0 Å². The van der Waals surface area contributed by atoms with E-state index in [1.54, 1.807) is 13.0 Å². The van der Waals surface area contributed by atoms with Crippen molar-refractivity contribution >= 4 is 5.78 Å². The highest BCUT2D eigenvalue weighted by atomic mass is 19.1. The number of ketones is 1. The van der Waals surface area contributed by atoms with Gasteiger partial charge in [0.15, 0.2) is 0 Å². The number of hydrogen-bond donors (Lipinski definition) is 0. The Hall–Kier alpha value is -1.18. The first kappa shape index (κ1) is 10.3. The Morgan fingerprint density at radius 1 is 1.47 bits per heavy atom. The van der Waals surface area contributed by atoms with Crippen LogP contribution in [0.15, 0.2) is 18.2 Å². The summed E-state index contributed by atoms with van der Waals surface area (Å²) < 4.78 is 12.9. The summed E-state index contributed by atoms with van der Waals surface area (Å²) in [5.74, 6) is 0.0650. The molecular weight excluding hydrogens is 191 g/mol. The first-order valence-corrected chi connectivity index (χ1v) is 5.30. The fourth-order valence-electron chi connectivity index (χ4n) is 2.03. The monoisotopic (exact) mass is 206 g/mol. The third-order valence-electron chi connectivity index (χ3n) is 3.43. The van der Waals surface area contributed by atoms with Gasteiger partial charge in [-0.2, -0.15) is 0 Å². The van der Waals surface area contributed by atoms with Gasteiger partial charge >= 0.3 is 0 Å². The number of halogens is 1. The molecule has 0 amide bonds. The second-order valence-electron chi connectivity index (χ2n) is 4.58. The average Bonchev–Trinajstić information content (AvgIpc) is 2.91. The molecule has 1 aromatic rings.